The van der Waals surface area contributed by atoms with Crippen LogP contribution in [0.25, 0.3) is 0 Å². The second-order valence-electron chi connectivity index (χ2n) is 1.21. The van der Waals surface area contributed by atoms with Crippen molar-refractivity contribution in [3.8, 4) is 0 Å². The summed E-state index contributed by atoms with van der Waals surface area (Å²) in [5, 5.41) is 0. The molecule has 0 fully saturated rings. The summed E-state index contributed by atoms with van der Waals surface area (Å²) in [6, 6.07) is 0. The Hall–Kier alpha value is 0.771. The molecule has 53 valence electrons. The topological polar surface area (TPSA) is 36.9 Å². The van der Waals surface area contributed by atoms with Gasteiger partial charge in [0.25, 0.3) is 0 Å². The first kappa shape index (κ1) is 9.77. The molecule has 4 nitrogen and oxygen atoms in total. The molecule has 0 aliphatic heterocycles. The second kappa shape index (κ2) is 4.57. The van der Waals surface area contributed by atoms with Crippen molar-refractivity contribution in [2.75, 3.05) is 21.3 Å². The van der Waals surface area contributed by atoms with Crippen molar-refractivity contribution in [2.24, 2.45) is 0 Å². The number of hydrogen-bond acceptors (Lipinski definition) is 4. The molecule has 9 heavy (non-hydrogen) atoms. The molecule has 0 saturated carbocycles. The fourth-order valence-corrected chi connectivity index (χ4v) is 2.30. The van der Waals surface area contributed by atoms with E-state index < -0.39 is 9.05 Å². The molecule has 0 heterocycles. The maximum absolute atomic E-state index is 4.86. The zero-order chi connectivity index (χ0) is 7.33. The minimum atomic E-state index is -2.69. The maximum atomic E-state index is 4.86. The van der Waals surface area contributed by atoms with Crippen molar-refractivity contribution in [1.82, 2.24) is 0 Å². The van der Waals surface area contributed by atoms with E-state index in [0.717, 1.165) is 0 Å². The van der Waals surface area contributed by atoms with E-state index in [0.29, 0.717) is 0 Å². The van der Waals surface area contributed by atoms with E-state index in [1.165, 1.54) is 42.2 Å². The summed E-state index contributed by atoms with van der Waals surface area (Å²) in [6.07, 6.45) is 0. The Labute approximate surface area is 67.8 Å². The monoisotopic (exact) mass is 185 g/mol. The van der Waals surface area contributed by atoms with Gasteiger partial charge in [-0.15, -0.1) is 0 Å². The molecule has 0 aromatic rings. The van der Waals surface area contributed by atoms with E-state index >= 15 is 0 Å². The van der Waals surface area contributed by atoms with Gasteiger partial charge in [-0.25, -0.2) is 0 Å². The summed E-state index contributed by atoms with van der Waals surface area (Å²) in [7, 11) is 1.78. The Kier molecular flexibility index (Phi) is 4.96. The van der Waals surface area contributed by atoms with Gasteiger partial charge in [0.2, 0.25) is 0 Å². The summed E-state index contributed by atoms with van der Waals surface area (Å²) >= 11 is 1.49. The van der Waals surface area contributed by atoms with Gasteiger partial charge in [0.05, 0.1) is 0 Å². The Balaban J connectivity index is 3.82. The van der Waals surface area contributed by atoms with Crippen LogP contribution in [0.3, 0.4) is 0 Å². The Bertz CT molecular complexity index is 58.7. The van der Waals surface area contributed by atoms with Gasteiger partial charge in [0.15, 0.2) is 0 Å². The Morgan fingerprint density at radius 1 is 1.00 bits per heavy atom. The fourth-order valence-electron chi connectivity index (χ4n) is 0.375. The zero-order valence-corrected chi connectivity index (χ0v) is 8.19. The average Bonchev–Trinajstić information content (AvgIpc) is 1.95. The molecule has 0 unspecified atom stereocenters. The predicted molar refractivity (Wildman–Crippen MR) is 27.9 cm³/mol. The van der Waals surface area contributed by atoms with Gasteiger partial charge in [-0.2, -0.15) is 0 Å². The molecule has 0 aliphatic rings. The van der Waals surface area contributed by atoms with Crippen LogP contribution in [0.1, 0.15) is 0 Å². The molecule has 0 bridgehead atoms. The summed E-state index contributed by atoms with van der Waals surface area (Å²) in [5.41, 5.74) is 0. The third-order valence-electron chi connectivity index (χ3n) is 0.875. The van der Waals surface area contributed by atoms with Gasteiger partial charge in [-0.05, 0) is 0 Å². The molecule has 0 saturated heterocycles. The van der Waals surface area contributed by atoms with Crippen LogP contribution in [0.5, 0.6) is 0 Å². The van der Waals surface area contributed by atoms with Gasteiger partial charge in [-0.3, -0.25) is 0 Å². The van der Waals surface area contributed by atoms with E-state index in [4.69, 9.17) is 16.3 Å². The molecular formula is C3H9O4SiTi. The minimum absolute atomic E-state index is 1.49. The van der Waals surface area contributed by atoms with Crippen LogP contribution in [-0.4, -0.2) is 30.4 Å². The van der Waals surface area contributed by atoms with Crippen molar-refractivity contribution >= 4 is 9.05 Å². The van der Waals surface area contributed by atoms with E-state index in [-0.39, 0.29) is 0 Å². The summed E-state index contributed by atoms with van der Waals surface area (Å²) in [6.45, 7) is 0. The zero-order valence-electron chi connectivity index (χ0n) is 5.63. The van der Waals surface area contributed by atoms with Gasteiger partial charge in [-0.1, -0.05) is 0 Å². The average molecular weight is 185 g/mol. The van der Waals surface area contributed by atoms with Crippen LogP contribution >= 0.6 is 0 Å². The molecule has 0 aliphatic carbocycles. The van der Waals surface area contributed by atoms with Gasteiger partial charge < -0.3 is 0 Å². The number of hydrogen-bond donors (Lipinski definition) is 0. The first-order chi connectivity index (χ1) is 4.24. The molecule has 0 N–H and O–H groups in total. The molecule has 0 aromatic carbocycles. The van der Waals surface area contributed by atoms with E-state index in [1.807, 2.05) is 0 Å². The summed E-state index contributed by atoms with van der Waals surface area (Å²) in [5.74, 6) is 0. The van der Waals surface area contributed by atoms with E-state index in [1.54, 1.807) is 0 Å². The third kappa shape index (κ3) is 2.47. The molecule has 0 radical (unpaired) electrons. The molecule has 0 spiro atoms. The van der Waals surface area contributed by atoms with Crippen LogP contribution in [-0.2, 0) is 37.1 Å². The standard InChI is InChI=1S/C3H9O4Si.Ti/c1-5-8(4,6-2)7-3;/h1-3H3;/q-1;+1. The Morgan fingerprint density at radius 2 is 1.33 bits per heavy atom. The van der Waals surface area contributed by atoms with Crippen LogP contribution in [0, 0.1) is 0 Å². The molecule has 6 heteroatoms. The molecule has 0 atom stereocenters. The van der Waals surface area contributed by atoms with Gasteiger partial charge in [0, 0.05) is 0 Å². The molecular weight excluding hydrogens is 176 g/mol. The quantitative estimate of drug-likeness (QED) is 0.570. The van der Waals surface area contributed by atoms with Crippen molar-refractivity contribution in [3.63, 3.8) is 0 Å². The van der Waals surface area contributed by atoms with Crippen LogP contribution in [0.15, 0.2) is 0 Å². The van der Waals surface area contributed by atoms with Gasteiger partial charge >= 0.3 is 67.5 Å². The van der Waals surface area contributed by atoms with E-state index in [2.05, 4.69) is 0 Å². The fraction of sp³-hybridized carbons (Fsp3) is 1.00. The SMILES string of the molecule is CO[Si](OC)(OC)[O][Ti]. The predicted octanol–water partition coefficient (Wildman–Crippen LogP) is -0.160. The third-order valence-corrected chi connectivity index (χ3v) is 3.80. The van der Waals surface area contributed by atoms with Crippen molar-refractivity contribution in [2.45, 2.75) is 0 Å². The van der Waals surface area contributed by atoms with Crippen molar-refractivity contribution < 1.29 is 37.1 Å². The number of rotatable bonds is 4. The van der Waals surface area contributed by atoms with Gasteiger partial charge in [0.1, 0.15) is 0 Å². The summed E-state index contributed by atoms with van der Waals surface area (Å²) < 4.78 is 19.4. The van der Waals surface area contributed by atoms with Crippen LogP contribution in [0.2, 0.25) is 0 Å². The van der Waals surface area contributed by atoms with E-state index in [9.17, 15) is 0 Å². The van der Waals surface area contributed by atoms with Crippen LogP contribution in [0.4, 0.5) is 0 Å². The van der Waals surface area contributed by atoms with Crippen molar-refractivity contribution in [1.29, 1.82) is 0 Å². The molecule has 0 rings (SSSR count). The first-order valence-electron chi connectivity index (χ1n) is 2.25. The molecule has 0 amide bonds. The normalized spacial score (nSPS) is 11.8. The Morgan fingerprint density at radius 3 is 1.33 bits per heavy atom. The summed E-state index contributed by atoms with van der Waals surface area (Å²) in [4.78, 5) is 0. The first-order valence-corrected chi connectivity index (χ1v) is 4.52. The second-order valence-corrected chi connectivity index (χ2v) is 4.60. The molecule has 0 aromatic heterocycles. The van der Waals surface area contributed by atoms with Crippen LogP contribution < -0.4 is 0 Å². The van der Waals surface area contributed by atoms with Crippen molar-refractivity contribution in [3.05, 3.63) is 0 Å².